The number of fused-ring (bicyclic) bond motifs is 1. The lowest BCUT2D eigenvalue weighted by atomic mass is 10.2. The zero-order chi connectivity index (χ0) is 18.3. The van der Waals surface area contributed by atoms with Gasteiger partial charge in [-0.15, -0.1) is 11.3 Å². The molecule has 2 aromatic heterocycles. The van der Waals surface area contributed by atoms with E-state index in [2.05, 4.69) is 10.3 Å². The Hall–Kier alpha value is -2.18. The number of thiophene rings is 1. The molecule has 0 radical (unpaired) electrons. The average molecular weight is 376 g/mol. The van der Waals surface area contributed by atoms with Crippen molar-refractivity contribution in [2.24, 2.45) is 0 Å². The minimum Gasteiger partial charge on any atom is -0.324 e. The first-order valence-electron chi connectivity index (χ1n) is 7.84. The number of carbonyl (C=O) groups excluding carboxylic acids is 1. The lowest BCUT2D eigenvalue weighted by Crippen LogP contribution is -2.32. The molecule has 5 nitrogen and oxygen atoms in total. The van der Waals surface area contributed by atoms with E-state index in [1.165, 1.54) is 22.2 Å². The first kappa shape index (κ1) is 17.6. The topological polar surface area (TPSA) is 64.0 Å². The molecule has 3 rings (SSSR count). The zero-order valence-corrected chi connectivity index (χ0v) is 16.0. The fourth-order valence-electron chi connectivity index (χ4n) is 2.63. The Labute approximate surface area is 154 Å². The summed E-state index contributed by atoms with van der Waals surface area (Å²) in [4.78, 5) is 31.5. The number of aryl methyl sites for hydroxylation is 2. The number of rotatable bonds is 3. The molecule has 25 heavy (non-hydrogen) atoms. The molecule has 1 atom stereocenters. The SMILES string of the molecule is Cc1sc2ncn([C@@H](C)C(=O)Nc3cccc(Cl)c3C)c(=O)c2c1C. The molecule has 2 heterocycles. The van der Waals surface area contributed by atoms with E-state index >= 15 is 0 Å². The molecule has 0 unspecified atom stereocenters. The molecule has 0 fully saturated rings. The second kappa shape index (κ2) is 6.61. The van der Waals surface area contributed by atoms with Crippen molar-refractivity contribution in [3.05, 3.63) is 55.9 Å². The summed E-state index contributed by atoms with van der Waals surface area (Å²) in [7, 11) is 0. The van der Waals surface area contributed by atoms with Crippen LogP contribution in [0.5, 0.6) is 0 Å². The van der Waals surface area contributed by atoms with Crippen LogP contribution < -0.4 is 10.9 Å². The van der Waals surface area contributed by atoms with E-state index in [4.69, 9.17) is 11.6 Å². The second-order valence-corrected chi connectivity index (χ2v) is 7.61. The molecule has 130 valence electrons. The maximum absolute atomic E-state index is 12.8. The third-order valence-electron chi connectivity index (χ3n) is 4.44. The van der Waals surface area contributed by atoms with Gasteiger partial charge in [0.25, 0.3) is 5.56 Å². The van der Waals surface area contributed by atoms with Crippen molar-refractivity contribution in [2.45, 2.75) is 33.7 Å². The van der Waals surface area contributed by atoms with Gasteiger partial charge >= 0.3 is 0 Å². The summed E-state index contributed by atoms with van der Waals surface area (Å²) in [5.74, 6) is -0.293. The lowest BCUT2D eigenvalue weighted by Gasteiger charge is -2.16. The maximum Gasteiger partial charge on any atom is 0.263 e. The third kappa shape index (κ3) is 3.07. The number of hydrogen-bond donors (Lipinski definition) is 1. The van der Waals surface area contributed by atoms with Crippen molar-refractivity contribution < 1.29 is 4.79 Å². The summed E-state index contributed by atoms with van der Waals surface area (Å²) in [5.41, 5.74) is 2.14. The predicted octanol–water partition coefficient (Wildman–Crippen LogP) is 4.24. The van der Waals surface area contributed by atoms with Gasteiger partial charge in [0.2, 0.25) is 5.91 Å². The summed E-state index contributed by atoms with van der Waals surface area (Å²) >= 11 is 7.58. The van der Waals surface area contributed by atoms with E-state index in [1.807, 2.05) is 20.8 Å². The summed E-state index contributed by atoms with van der Waals surface area (Å²) in [6.45, 7) is 7.38. The van der Waals surface area contributed by atoms with Gasteiger partial charge in [0.05, 0.1) is 11.7 Å². The minimum atomic E-state index is -0.692. The highest BCUT2D eigenvalue weighted by Gasteiger charge is 2.20. The first-order valence-corrected chi connectivity index (χ1v) is 9.03. The number of aromatic nitrogens is 2. The van der Waals surface area contributed by atoms with Gasteiger partial charge < -0.3 is 5.32 Å². The van der Waals surface area contributed by atoms with Crippen LogP contribution in [0.1, 0.15) is 29.0 Å². The molecule has 1 N–H and O–H groups in total. The highest BCUT2D eigenvalue weighted by Crippen LogP contribution is 2.26. The molecular formula is C18H18ClN3O2S. The number of carbonyl (C=O) groups is 1. The highest BCUT2D eigenvalue weighted by atomic mass is 35.5. The number of anilines is 1. The van der Waals surface area contributed by atoms with Crippen molar-refractivity contribution in [2.75, 3.05) is 5.32 Å². The van der Waals surface area contributed by atoms with Crippen molar-refractivity contribution >= 4 is 44.7 Å². The Morgan fingerprint density at radius 2 is 2.00 bits per heavy atom. The molecule has 0 saturated heterocycles. The van der Waals surface area contributed by atoms with Crippen molar-refractivity contribution in [3.63, 3.8) is 0 Å². The standard InChI is InChI=1S/C18H18ClN3O2S/c1-9-12(4)25-17-15(9)18(24)22(8-20-17)11(3)16(23)21-14-7-5-6-13(19)10(14)2/h5-8,11H,1-4H3,(H,21,23)/t11-/m0/s1. The van der Waals surface area contributed by atoms with Gasteiger partial charge in [-0.1, -0.05) is 17.7 Å². The van der Waals surface area contributed by atoms with E-state index < -0.39 is 6.04 Å². The molecule has 0 saturated carbocycles. The fourth-order valence-corrected chi connectivity index (χ4v) is 3.79. The van der Waals surface area contributed by atoms with Crippen molar-refractivity contribution in [3.8, 4) is 0 Å². The fraction of sp³-hybridized carbons (Fsp3) is 0.278. The second-order valence-electron chi connectivity index (χ2n) is 6.00. The molecule has 0 aliphatic rings. The van der Waals surface area contributed by atoms with E-state index in [9.17, 15) is 9.59 Å². The molecule has 0 spiro atoms. The van der Waals surface area contributed by atoms with Gasteiger partial charge in [-0.2, -0.15) is 0 Å². The van der Waals surface area contributed by atoms with Gasteiger partial charge in [-0.05, 0) is 51.0 Å². The van der Waals surface area contributed by atoms with E-state index in [0.29, 0.717) is 20.9 Å². The first-order chi connectivity index (χ1) is 11.8. The lowest BCUT2D eigenvalue weighted by molar-refractivity contribution is -0.118. The van der Waals surface area contributed by atoms with E-state index in [0.717, 1.165) is 16.0 Å². The van der Waals surface area contributed by atoms with Crippen molar-refractivity contribution in [1.29, 1.82) is 0 Å². The molecule has 3 aromatic rings. The van der Waals surface area contributed by atoms with Gasteiger partial charge in [0, 0.05) is 15.6 Å². The largest absolute Gasteiger partial charge is 0.324 e. The maximum atomic E-state index is 12.8. The third-order valence-corrected chi connectivity index (χ3v) is 5.96. The predicted molar refractivity (Wildman–Crippen MR) is 103 cm³/mol. The molecule has 7 heteroatoms. The van der Waals surface area contributed by atoms with Gasteiger partial charge in [0.1, 0.15) is 10.9 Å². The van der Waals surface area contributed by atoms with E-state index in [1.54, 1.807) is 25.1 Å². The minimum absolute atomic E-state index is 0.197. The molecule has 0 bridgehead atoms. The van der Waals surface area contributed by atoms with Crippen LogP contribution in [0.15, 0.2) is 29.3 Å². The molecule has 0 aliphatic carbocycles. The van der Waals surface area contributed by atoms with Crippen LogP contribution >= 0.6 is 22.9 Å². The van der Waals surface area contributed by atoms with Gasteiger partial charge in [-0.3, -0.25) is 14.2 Å². The number of nitrogens with one attached hydrogen (secondary N) is 1. The number of nitrogens with zero attached hydrogens (tertiary/aromatic N) is 2. The Balaban J connectivity index is 1.96. The summed E-state index contributed by atoms with van der Waals surface area (Å²) in [5, 5.41) is 4.00. The van der Waals surface area contributed by atoms with Crippen molar-refractivity contribution in [1.82, 2.24) is 9.55 Å². The van der Waals surface area contributed by atoms with Crippen LogP contribution in [-0.2, 0) is 4.79 Å². The smallest absolute Gasteiger partial charge is 0.263 e. The number of amides is 1. The summed E-state index contributed by atoms with van der Waals surface area (Å²) in [6.07, 6.45) is 1.44. The normalized spacial score (nSPS) is 12.4. The zero-order valence-electron chi connectivity index (χ0n) is 14.4. The Kier molecular flexibility index (Phi) is 4.67. The molecular weight excluding hydrogens is 358 g/mol. The molecule has 1 amide bonds. The highest BCUT2D eigenvalue weighted by molar-refractivity contribution is 7.18. The quantitative estimate of drug-likeness (QED) is 0.744. The van der Waals surface area contributed by atoms with E-state index in [-0.39, 0.29) is 11.5 Å². The summed E-state index contributed by atoms with van der Waals surface area (Å²) < 4.78 is 1.37. The van der Waals surface area contributed by atoms with Crippen LogP contribution in [0.4, 0.5) is 5.69 Å². The average Bonchev–Trinajstić information content (AvgIpc) is 2.87. The number of benzene rings is 1. The van der Waals surface area contributed by atoms with Crippen LogP contribution in [0, 0.1) is 20.8 Å². The van der Waals surface area contributed by atoms with Crippen LogP contribution in [-0.4, -0.2) is 15.5 Å². The monoisotopic (exact) mass is 375 g/mol. The number of hydrogen-bond acceptors (Lipinski definition) is 4. The van der Waals surface area contributed by atoms with Crippen LogP contribution in [0.3, 0.4) is 0 Å². The Morgan fingerprint density at radius 3 is 2.72 bits per heavy atom. The van der Waals surface area contributed by atoms with Gasteiger partial charge in [-0.25, -0.2) is 4.98 Å². The molecule has 0 aliphatic heterocycles. The number of halogens is 1. The van der Waals surface area contributed by atoms with Gasteiger partial charge in [0.15, 0.2) is 0 Å². The van der Waals surface area contributed by atoms with Crippen LogP contribution in [0.2, 0.25) is 5.02 Å². The Bertz CT molecular complexity index is 1040. The molecule has 1 aromatic carbocycles. The Morgan fingerprint density at radius 1 is 1.28 bits per heavy atom. The summed E-state index contributed by atoms with van der Waals surface area (Å²) in [6, 6.07) is 4.62. The van der Waals surface area contributed by atoms with Crippen LogP contribution in [0.25, 0.3) is 10.2 Å².